The van der Waals surface area contributed by atoms with E-state index in [1.165, 1.54) is 19.3 Å². The van der Waals surface area contributed by atoms with E-state index in [-0.39, 0.29) is 11.4 Å². The van der Waals surface area contributed by atoms with E-state index in [2.05, 4.69) is 10.0 Å². The van der Waals surface area contributed by atoms with Crippen molar-refractivity contribution in [2.24, 2.45) is 17.8 Å². The summed E-state index contributed by atoms with van der Waals surface area (Å²) in [6.07, 6.45) is 12.0. The number of carbonyl (C=O) groups excluding carboxylic acids is 1. The standard InChI is InChI=1S/C20H26N2O3S/c1-26(24,25)22-18-5-2-14(3-6-18)4-7-19(23)21-20-11-15-8-16(12-20)10-17(9-15)13-20/h2-7,15-17,22H,8-13H2,1H3,(H,21,23)/b7-4+. The van der Waals surface area contributed by atoms with E-state index >= 15 is 0 Å². The highest BCUT2D eigenvalue weighted by Gasteiger charge is 2.51. The van der Waals surface area contributed by atoms with Crippen molar-refractivity contribution < 1.29 is 13.2 Å². The molecule has 0 heterocycles. The summed E-state index contributed by atoms with van der Waals surface area (Å²) in [6, 6.07) is 6.97. The molecule has 0 spiro atoms. The minimum atomic E-state index is -3.27. The van der Waals surface area contributed by atoms with E-state index in [1.54, 1.807) is 36.4 Å². The van der Waals surface area contributed by atoms with Gasteiger partial charge in [-0.3, -0.25) is 9.52 Å². The summed E-state index contributed by atoms with van der Waals surface area (Å²) in [4.78, 5) is 12.5. The molecule has 4 bridgehead atoms. The number of rotatable bonds is 5. The third-order valence-corrected chi connectivity index (χ3v) is 6.67. The van der Waals surface area contributed by atoms with Gasteiger partial charge in [0.2, 0.25) is 15.9 Å². The maximum atomic E-state index is 12.5. The van der Waals surface area contributed by atoms with Crippen LogP contribution in [0.2, 0.25) is 0 Å². The Balaban J connectivity index is 1.37. The molecular weight excluding hydrogens is 348 g/mol. The van der Waals surface area contributed by atoms with Gasteiger partial charge < -0.3 is 5.32 Å². The van der Waals surface area contributed by atoms with Crippen LogP contribution in [0.15, 0.2) is 30.3 Å². The molecule has 26 heavy (non-hydrogen) atoms. The normalized spacial score (nSPS) is 32.7. The first-order valence-corrected chi connectivity index (χ1v) is 11.3. The van der Waals surface area contributed by atoms with Gasteiger partial charge in [-0.05, 0) is 80.1 Å². The highest BCUT2D eigenvalue weighted by atomic mass is 32.2. The molecule has 4 aliphatic carbocycles. The van der Waals surface area contributed by atoms with Crippen LogP contribution in [-0.2, 0) is 14.8 Å². The van der Waals surface area contributed by atoms with Crippen molar-refractivity contribution in [1.82, 2.24) is 5.32 Å². The van der Waals surface area contributed by atoms with Gasteiger partial charge in [0.1, 0.15) is 0 Å². The molecule has 5 nitrogen and oxygen atoms in total. The highest BCUT2D eigenvalue weighted by molar-refractivity contribution is 7.92. The number of nitrogens with one attached hydrogen (secondary N) is 2. The predicted octanol–water partition coefficient (Wildman–Crippen LogP) is 3.16. The average Bonchev–Trinajstić information content (AvgIpc) is 2.51. The van der Waals surface area contributed by atoms with Gasteiger partial charge in [-0.15, -0.1) is 0 Å². The summed E-state index contributed by atoms with van der Waals surface area (Å²) in [7, 11) is -3.27. The van der Waals surface area contributed by atoms with Crippen molar-refractivity contribution in [2.45, 2.75) is 44.1 Å². The van der Waals surface area contributed by atoms with Gasteiger partial charge >= 0.3 is 0 Å². The summed E-state index contributed by atoms with van der Waals surface area (Å²) in [5, 5.41) is 3.32. The predicted molar refractivity (Wildman–Crippen MR) is 103 cm³/mol. The number of amides is 1. The van der Waals surface area contributed by atoms with E-state index < -0.39 is 10.0 Å². The Morgan fingerprint density at radius 2 is 1.58 bits per heavy atom. The molecule has 4 saturated carbocycles. The number of benzene rings is 1. The monoisotopic (exact) mass is 374 g/mol. The van der Waals surface area contributed by atoms with Gasteiger partial charge in [-0.25, -0.2) is 8.42 Å². The topological polar surface area (TPSA) is 75.3 Å². The third kappa shape index (κ3) is 3.95. The minimum absolute atomic E-state index is 0.0229. The molecule has 1 aromatic rings. The molecule has 0 aliphatic heterocycles. The molecule has 4 fully saturated rings. The quantitative estimate of drug-likeness (QED) is 0.778. The Hall–Kier alpha value is -1.82. The van der Waals surface area contributed by atoms with Gasteiger partial charge in [0.25, 0.3) is 0 Å². The SMILES string of the molecule is CS(=O)(=O)Nc1ccc(/C=C/C(=O)NC23CC4CC(CC(C4)C2)C3)cc1. The first-order chi connectivity index (χ1) is 12.3. The largest absolute Gasteiger partial charge is 0.347 e. The van der Waals surface area contributed by atoms with Crippen LogP contribution in [0.25, 0.3) is 6.08 Å². The van der Waals surface area contributed by atoms with Crippen molar-refractivity contribution in [2.75, 3.05) is 11.0 Å². The molecule has 6 heteroatoms. The fraction of sp³-hybridized carbons (Fsp3) is 0.550. The lowest BCUT2D eigenvalue weighted by molar-refractivity contribution is -0.122. The maximum absolute atomic E-state index is 12.5. The van der Waals surface area contributed by atoms with E-state index in [9.17, 15) is 13.2 Å². The first-order valence-electron chi connectivity index (χ1n) is 9.37. The second-order valence-corrected chi connectivity index (χ2v) is 10.3. The molecule has 2 N–H and O–H groups in total. The molecule has 140 valence electrons. The lowest BCUT2D eigenvalue weighted by Gasteiger charge is -2.56. The average molecular weight is 375 g/mol. The van der Waals surface area contributed by atoms with Crippen molar-refractivity contribution in [3.05, 3.63) is 35.9 Å². The smallest absolute Gasteiger partial charge is 0.244 e. The zero-order chi connectivity index (χ0) is 18.4. The maximum Gasteiger partial charge on any atom is 0.244 e. The fourth-order valence-electron chi connectivity index (χ4n) is 5.62. The molecule has 4 aliphatic rings. The Kier molecular flexibility index (Phi) is 4.34. The molecule has 1 amide bonds. The number of hydrogen-bond acceptors (Lipinski definition) is 3. The van der Waals surface area contributed by atoms with Crippen LogP contribution in [0.4, 0.5) is 5.69 Å². The van der Waals surface area contributed by atoms with Crippen LogP contribution < -0.4 is 10.0 Å². The third-order valence-electron chi connectivity index (χ3n) is 6.07. The summed E-state index contributed by atoms with van der Waals surface area (Å²) in [5.74, 6) is 2.39. The van der Waals surface area contributed by atoms with Crippen LogP contribution in [0, 0.1) is 17.8 Å². The number of hydrogen-bond donors (Lipinski definition) is 2. The van der Waals surface area contributed by atoms with Gasteiger partial charge in [-0.2, -0.15) is 0 Å². The van der Waals surface area contributed by atoms with Gasteiger partial charge in [-0.1, -0.05) is 12.1 Å². The van der Waals surface area contributed by atoms with Crippen molar-refractivity contribution in [3.63, 3.8) is 0 Å². The number of anilines is 1. The molecule has 0 saturated heterocycles. The Morgan fingerprint density at radius 3 is 2.08 bits per heavy atom. The van der Waals surface area contributed by atoms with Gasteiger partial charge in [0.15, 0.2) is 0 Å². The van der Waals surface area contributed by atoms with E-state index in [4.69, 9.17) is 0 Å². The Morgan fingerprint density at radius 1 is 1.04 bits per heavy atom. The van der Waals surface area contributed by atoms with Crippen molar-refractivity contribution >= 4 is 27.7 Å². The second kappa shape index (κ2) is 6.41. The zero-order valence-corrected chi connectivity index (χ0v) is 15.9. The van der Waals surface area contributed by atoms with Gasteiger partial charge in [0, 0.05) is 17.3 Å². The molecule has 5 rings (SSSR count). The summed E-state index contributed by atoms with van der Waals surface area (Å²) in [6.45, 7) is 0. The first kappa shape index (κ1) is 17.6. The number of sulfonamides is 1. The molecule has 0 radical (unpaired) electrons. The van der Waals surface area contributed by atoms with Crippen molar-refractivity contribution in [1.29, 1.82) is 0 Å². The van der Waals surface area contributed by atoms with E-state index in [1.807, 2.05) is 0 Å². The molecule has 0 aromatic heterocycles. The molecule has 0 atom stereocenters. The van der Waals surface area contributed by atoms with E-state index in [0.717, 1.165) is 48.8 Å². The van der Waals surface area contributed by atoms with E-state index in [0.29, 0.717) is 5.69 Å². The van der Waals surface area contributed by atoms with Crippen LogP contribution in [0.3, 0.4) is 0 Å². The highest BCUT2D eigenvalue weighted by Crippen LogP contribution is 2.55. The Labute approximate surface area is 155 Å². The summed E-state index contributed by atoms with van der Waals surface area (Å²) in [5.41, 5.74) is 1.41. The Bertz CT molecular complexity index is 792. The summed E-state index contributed by atoms with van der Waals surface area (Å²) >= 11 is 0. The van der Waals surface area contributed by atoms with Gasteiger partial charge in [0.05, 0.1) is 6.26 Å². The second-order valence-electron chi connectivity index (χ2n) is 8.52. The molecule has 0 unspecified atom stereocenters. The lowest BCUT2D eigenvalue weighted by Crippen LogP contribution is -2.59. The van der Waals surface area contributed by atoms with Crippen LogP contribution in [0.1, 0.15) is 44.1 Å². The van der Waals surface area contributed by atoms with Crippen LogP contribution in [-0.4, -0.2) is 26.1 Å². The number of carbonyl (C=O) groups is 1. The van der Waals surface area contributed by atoms with Crippen LogP contribution >= 0.6 is 0 Å². The lowest BCUT2D eigenvalue weighted by atomic mass is 9.53. The fourth-order valence-corrected chi connectivity index (χ4v) is 6.18. The molecular formula is C20H26N2O3S. The zero-order valence-electron chi connectivity index (χ0n) is 15.1. The minimum Gasteiger partial charge on any atom is -0.347 e. The molecule has 1 aromatic carbocycles. The summed E-state index contributed by atoms with van der Waals surface area (Å²) < 4.78 is 24.9. The van der Waals surface area contributed by atoms with Crippen molar-refractivity contribution in [3.8, 4) is 0 Å². The van der Waals surface area contributed by atoms with Crippen LogP contribution in [0.5, 0.6) is 0 Å².